The number of hydrogen-bond acceptors (Lipinski definition) is 2. The summed E-state index contributed by atoms with van der Waals surface area (Å²) < 4.78 is 0. The van der Waals surface area contributed by atoms with Crippen LogP contribution in [0.15, 0.2) is 42.6 Å². The normalized spacial score (nSPS) is 22.7. The molecule has 2 heterocycles. The van der Waals surface area contributed by atoms with Crippen LogP contribution in [0.25, 0.3) is 0 Å². The molecule has 0 aliphatic carbocycles. The molecule has 2 atom stereocenters. The molecule has 0 bridgehead atoms. The van der Waals surface area contributed by atoms with Gasteiger partial charge >= 0.3 is 0 Å². The topological polar surface area (TPSA) is 24.9 Å². The number of nitrogens with zero attached hydrogens (tertiary/aromatic N) is 1. The van der Waals surface area contributed by atoms with E-state index in [1.807, 2.05) is 6.92 Å². The lowest BCUT2D eigenvalue weighted by Gasteiger charge is -2.33. The number of piperidine rings is 1. The second-order valence-electron chi connectivity index (χ2n) is 5.85. The van der Waals surface area contributed by atoms with E-state index in [9.17, 15) is 0 Å². The number of benzene rings is 1. The minimum Gasteiger partial charge on any atom is -0.316 e. The maximum absolute atomic E-state index is 4.48. The number of nitrogens with one attached hydrogen (secondary N) is 1. The number of rotatable bonds is 2. The first-order valence-corrected chi connectivity index (χ1v) is 7.44. The van der Waals surface area contributed by atoms with Crippen LogP contribution in [0.1, 0.15) is 40.6 Å². The molecule has 1 fully saturated rings. The zero-order valence-corrected chi connectivity index (χ0v) is 12.3. The third-order valence-corrected chi connectivity index (χ3v) is 4.35. The molecule has 0 amide bonds. The molecule has 1 saturated heterocycles. The third kappa shape index (κ3) is 2.75. The molecule has 1 aromatic heterocycles. The highest BCUT2D eigenvalue weighted by atomic mass is 14.9. The summed E-state index contributed by atoms with van der Waals surface area (Å²) >= 11 is 0. The summed E-state index contributed by atoms with van der Waals surface area (Å²) in [6.07, 6.45) is 3.25. The molecule has 2 unspecified atom stereocenters. The molecule has 20 heavy (non-hydrogen) atoms. The minimum atomic E-state index is 0.550. The van der Waals surface area contributed by atoms with Gasteiger partial charge in [0.15, 0.2) is 0 Å². The maximum Gasteiger partial charge on any atom is 0.0372 e. The van der Waals surface area contributed by atoms with Crippen LogP contribution in [-0.4, -0.2) is 18.1 Å². The van der Waals surface area contributed by atoms with Crippen molar-refractivity contribution < 1.29 is 0 Å². The summed E-state index contributed by atoms with van der Waals surface area (Å²) in [6, 6.07) is 13.4. The number of hydrogen-bond donors (Lipinski definition) is 1. The standard InChI is InChI=1S/C18H22N2/c1-13-3-6-15(7-4-13)18-12-19-10-9-17(18)16-8-5-14(2)20-11-16/h3-8,11,17-19H,9-10,12H2,1-2H3. The molecule has 2 nitrogen and oxygen atoms in total. The van der Waals surface area contributed by atoms with Gasteiger partial charge in [-0.2, -0.15) is 0 Å². The average Bonchev–Trinajstić information content (AvgIpc) is 2.49. The van der Waals surface area contributed by atoms with Gasteiger partial charge in [0.1, 0.15) is 0 Å². The SMILES string of the molecule is Cc1ccc(C2CNCCC2c2ccc(C)nc2)cc1. The van der Waals surface area contributed by atoms with Gasteiger partial charge in [0.05, 0.1) is 0 Å². The molecule has 3 rings (SSSR count). The van der Waals surface area contributed by atoms with Crippen LogP contribution in [0, 0.1) is 13.8 Å². The lowest BCUT2D eigenvalue weighted by atomic mass is 9.78. The fourth-order valence-electron chi connectivity index (χ4n) is 3.12. The van der Waals surface area contributed by atoms with E-state index in [0.717, 1.165) is 18.8 Å². The largest absolute Gasteiger partial charge is 0.316 e. The average molecular weight is 266 g/mol. The van der Waals surface area contributed by atoms with Crippen LogP contribution >= 0.6 is 0 Å². The Morgan fingerprint density at radius 2 is 1.70 bits per heavy atom. The van der Waals surface area contributed by atoms with Crippen molar-refractivity contribution in [3.63, 3.8) is 0 Å². The molecule has 0 radical (unpaired) electrons. The van der Waals surface area contributed by atoms with Gasteiger partial charge in [-0.3, -0.25) is 4.98 Å². The number of aromatic nitrogens is 1. The molecule has 1 aliphatic heterocycles. The van der Waals surface area contributed by atoms with Crippen molar-refractivity contribution in [2.75, 3.05) is 13.1 Å². The van der Waals surface area contributed by atoms with E-state index in [1.54, 1.807) is 0 Å². The molecule has 2 heteroatoms. The van der Waals surface area contributed by atoms with Crippen molar-refractivity contribution >= 4 is 0 Å². The molecule has 104 valence electrons. The van der Waals surface area contributed by atoms with Crippen molar-refractivity contribution in [3.05, 3.63) is 65.0 Å². The third-order valence-electron chi connectivity index (χ3n) is 4.35. The molecular weight excluding hydrogens is 244 g/mol. The molecule has 0 spiro atoms. The minimum absolute atomic E-state index is 0.550. The number of pyridine rings is 1. The molecule has 1 aromatic carbocycles. The highest BCUT2D eigenvalue weighted by Crippen LogP contribution is 2.37. The zero-order chi connectivity index (χ0) is 13.9. The van der Waals surface area contributed by atoms with Crippen molar-refractivity contribution in [3.8, 4) is 0 Å². The van der Waals surface area contributed by atoms with E-state index in [0.29, 0.717) is 11.8 Å². The van der Waals surface area contributed by atoms with Crippen LogP contribution in [0.5, 0.6) is 0 Å². The Morgan fingerprint density at radius 3 is 2.40 bits per heavy atom. The van der Waals surface area contributed by atoms with Gasteiger partial charge in [-0.25, -0.2) is 0 Å². The molecular formula is C18H22N2. The van der Waals surface area contributed by atoms with Crippen molar-refractivity contribution in [1.29, 1.82) is 0 Å². The Bertz CT molecular complexity index is 503. The highest BCUT2D eigenvalue weighted by molar-refractivity contribution is 5.31. The summed E-state index contributed by atoms with van der Waals surface area (Å²) in [6.45, 7) is 6.34. The first-order chi connectivity index (χ1) is 9.74. The Labute approximate surface area is 121 Å². The second-order valence-corrected chi connectivity index (χ2v) is 5.85. The maximum atomic E-state index is 4.48. The van der Waals surface area contributed by atoms with Gasteiger partial charge in [-0.1, -0.05) is 35.9 Å². The van der Waals surface area contributed by atoms with Gasteiger partial charge in [0.25, 0.3) is 0 Å². The zero-order valence-electron chi connectivity index (χ0n) is 12.3. The van der Waals surface area contributed by atoms with Crippen molar-refractivity contribution in [2.45, 2.75) is 32.1 Å². The summed E-state index contributed by atoms with van der Waals surface area (Å²) in [5.41, 5.74) is 5.23. The smallest absolute Gasteiger partial charge is 0.0372 e. The first-order valence-electron chi connectivity index (χ1n) is 7.44. The van der Waals surface area contributed by atoms with E-state index in [2.05, 4.69) is 59.8 Å². The second kappa shape index (κ2) is 5.76. The van der Waals surface area contributed by atoms with Crippen LogP contribution in [-0.2, 0) is 0 Å². The van der Waals surface area contributed by atoms with Crippen molar-refractivity contribution in [1.82, 2.24) is 10.3 Å². The van der Waals surface area contributed by atoms with E-state index in [4.69, 9.17) is 0 Å². The fraction of sp³-hybridized carbons (Fsp3) is 0.389. The molecule has 0 saturated carbocycles. The van der Waals surface area contributed by atoms with Crippen LogP contribution in [0.2, 0.25) is 0 Å². The summed E-state index contributed by atoms with van der Waals surface area (Å²) in [7, 11) is 0. The van der Waals surface area contributed by atoms with Gasteiger partial charge < -0.3 is 5.32 Å². The van der Waals surface area contributed by atoms with E-state index < -0.39 is 0 Å². The fourth-order valence-corrected chi connectivity index (χ4v) is 3.12. The highest BCUT2D eigenvalue weighted by Gasteiger charge is 2.27. The van der Waals surface area contributed by atoms with Crippen LogP contribution in [0.3, 0.4) is 0 Å². The van der Waals surface area contributed by atoms with Gasteiger partial charge in [-0.05, 0) is 49.9 Å². The molecule has 1 N–H and O–H groups in total. The lowest BCUT2D eigenvalue weighted by molar-refractivity contribution is 0.403. The Morgan fingerprint density at radius 1 is 0.950 bits per heavy atom. The Hall–Kier alpha value is -1.67. The number of aryl methyl sites for hydroxylation is 2. The van der Waals surface area contributed by atoms with Gasteiger partial charge in [0.2, 0.25) is 0 Å². The molecule has 1 aliphatic rings. The van der Waals surface area contributed by atoms with Crippen LogP contribution < -0.4 is 5.32 Å². The van der Waals surface area contributed by atoms with Crippen molar-refractivity contribution in [2.24, 2.45) is 0 Å². The van der Waals surface area contributed by atoms with Gasteiger partial charge in [0, 0.05) is 24.4 Å². The van der Waals surface area contributed by atoms with E-state index >= 15 is 0 Å². The quantitative estimate of drug-likeness (QED) is 0.899. The molecule has 2 aromatic rings. The predicted octanol–water partition coefficient (Wildman–Crippen LogP) is 3.56. The monoisotopic (exact) mass is 266 g/mol. The van der Waals surface area contributed by atoms with Gasteiger partial charge in [-0.15, -0.1) is 0 Å². The Kier molecular flexibility index (Phi) is 3.83. The first kappa shape index (κ1) is 13.3. The Balaban J connectivity index is 1.90. The van der Waals surface area contributed by atoms with E-state index in [-0.39, 0.29) is 0 Å². The summed E-state index contributed by atoms with van der Waals surface area (Å²) in [5.74, 6) is 1.13. The summed E-state index contributed by atoms with van der Waals surface area (Å²) in [4.78, 5) is 4.48. The summed E-state index contributed by atoms with van der Waals surface area (Å²) in [5, 5.41) is 3.54. The van der Waals surface area contributed by atoms with Crippen LogP contribution in [0.4, 0.5) is 0 Å². The predicted molar refractivity (Wildman–Crippen MR) is 83.1 cm³/mol. The van der Waals surface area contributed by atoms with E-state index in [1.165, 1.54) is 23.1 Å². The lowest BCUT2D eigenvalue weighted by Crippen LogP contribution is -2.34.